The van der Waals surface area contributed by atoms with E-state index in [0.717, 1.165) is 79.9 Å². The van der Waals surface area contributed by atoms with Crippen molar-refractivity contribution < 1.29 is 14.3 Å². The quantitative estimate of drug-likeness (QED) is 0.0805. The van der Waals surface area contributed by atoms with Gasteiger partial charge in [-0.15, -0.1) is 0 Å². The number of likely N-dealkylation sites (N-methyl/N-ethyl adjacent to an activating group) is 1. The van der Waals surface area contributed by atoms with E-state index in [2.05, 4.69) is 71.0 Å². The summed E-state index contributed by atoms with van der Waals surface area (Å²) < 4.78 is 5.59. The van der Waals surface area contributed by atoms with Crippen molar-refractivity contribution in [1.82, 2.24) is 30.3 Å². The molecule has 11 heteroatoms. The number of rotatable bonds is 17. The highest BCUT2D eigenvalue weighted by atomic mass is 16.6. The van der Waals surface area contributed by atoms with E-state index in [1.165, 1.54) is 5.56 Å². The van der Waals surface area contributed by atoms with Gasteiger partial charge >= 0.3 is 6.09 Å². The van der Waals surface area contributed by atoms with Crippen molar-refractivity contribution >= 4 is 23.4 Å². The molecule has 2 aliphatic heterocycles. The van der Waals surface area contributed by atoms with Crippen LogP contribution in [0.15, 0.2) is 97.3 Å². The van der Waals surface area contributed by atoms with Crippen LogP contribution in [0.3, 0.4) is 0 Å². The Bertz CT molecular complexity index is 1890. The van der Waals surface area contributed by atoms with Gasteiger partial charge in [-0.25, -0.2) is 4.79 Å². The van der Waals surface area contributed by atoms with E-state index in [-0.39, 0.29) is 36.5 Å². The molecular formula is C46H62N8O3. The number of piperidine rings is 1. The first-order chi connectivity index (χ1) is 27.5. The summed E-state index contributed by atoms with van der Waals surface area (Å²) in [6, 6.07) is 28.7. The zero-order valence-electron chi connectivity index (χ0n) is 34.6. The second-order valence-corrected chi connectivity index (χ2v) is 16.6. The SMILES string of the molecule is Cc1ccc(NC(=O)c2ccc(CN(CCC(C)C)CCN(C)COC(=O)N(C)Cc3ccccc3)cc2)cc1NC1NC(c2cccnc2)CCC12CC(C)N2. The number of anilines is 2. The molecule has 4 atom stereocenters. The van der Waals surface area contributed by atoms with Crippen LogP contribution in [0.5, 0.6) is 0 Å². The molecule has 2 aliphatic rings. The number of carbonyl (C=O) groups excluding carboxylic acids is 2. The molecule has 1 aromatic heterocycles. The summed E-state index contributed by atoms with van der Waals surface area (Å²) in [6.45, 7) is 12.8. The van der Waals surface area contributed by atoms with Crippen molar-refractivity contribution in [1.29, 1.82) is 0 Å². The topological polar surface area (TPSA) is 114 Å². The van der Waals surface area contributed by atoms with Gasteiger partial charge in [0.2, 0.25) is 0 Å². The van der Waals surface area contributed by atoms with Crippen molar-refractivity contribution in [3.63, 3.8) is 0 Å². The summed E-state index contributed by atoms with van der Waals surface area (Å²) in [4.78, 5) is 36.5. The van der Waals surface area contributed by atoms with E-state index in [1.807, 2.05) is 97.1 Å². The predicted molar refractivity (Wildman–Crippen MR) is 229 cm³/mol. The number of carbonyl (C=O) groups is 2. The van der Waals surface area contributed by atoms with Crippen molar-refractivity contribution in [3.8, 4) is 0 Å². The molecule has 0 bridgehead atoms. The summed E-state index contributed by atoms with van der Waals surface area (Å²) in [5.74, 6) is 0.439. The molecular weight excluding hydrogens is 713 g/mol. The van der Waals surface area contributed by atoms with Gasteiger partial charge in [0.25, 0.3) is 5.91 Å². The number of ether oxygens (including phenoxy) is 1. The highest BCUT2D eigenvalue weighted by Crippen LogP contribution is 2.40. The highest BCUT2D eigenvalue weighted by Gasteiger charge is 2.50. The van der Waals surface area contributed by atoms with Gasteiger partial charge in [0, 0.05) is 74.6 Å². The third kappa shape index (κ3) is 11.6. The molecule has 1 spiro atoms. The molecule has 304 valence electrons. The monoisotopic (exact) mass is 774 g/mol. The van der Waals surface area contributed by atoms with Crippen molar-refractivity contribution in [2.24, 2.45) is 5.92 Å². The Kier molecular flexibility index (Phi) is 14.4. The Morgan fingerprint density at radius 1 is 0.947 bits per heavy atom. The van der Waals surface area contributed by atoms with E-state index < -0.39 is 0 Å². The molecule has 2 fully saturated rings. The number of aromatic nitrogens is 1. The summed E-state index contributed by atoms with van der Waals surface area (Å²) in [5.41, 5.74) is 6.85. The molecule has 0 radical (unpaired) electrons. The van der Waals surface area contributed by atoms with Crippen LogP contribution in [0.4, 0.5) is 16.2 Å². The maximum absolute atomic E-state index is 13.5. The Morgan fingerprint density at radius 2 is 1.70 bits per heavy atom. The number of amides is 2. The van der Waals surface area contributed by atoms with E-state index in [4.69, 9.17) is 4.74 Å². The fourth-order valence-electron chi connectivity index (χ4n) is 7.93. The van der Waals surface area contributed by atoms with E-state index in [1.54, 1.807) is 11.9 Å². The number of nitrogens with zero attached hydrogens (tertiary/aromatic N) is 4. The lowest BCUT2D eigenvalue weighted by molar-refractivity contribution is 0.0535. The van der Waals surface area contributed by atoms with E-state index in [9.17, 15) is 9.59 Å². The van der Waals surface area contributed by atoms with Gasteiger partial charge in [-0.1, -0.05) is 68.4 Å². The minimum Gasteiger partial charge on any atom is -0.433 e. The van der Waals surface area contributed by atoms with Gasteiger partial charge in [0.15, 0.2) is 0 Å². The number of nitrogens with one attached hydrogen (secondary N) is 4. The molecule has 6 rings (SSSR count). The fourth-order valence-corrected chi connectivity index (χ4v) is 7.93. The molecule has 0 aliphatic carbocycles. The first kappa shape index (κ1) is 41.8. The maximum Gasteiger partial charge on any atom is 0.411 e. The van der Waals surface area contributed by atoms with E-state index in [0.29, 0.717) is 24.1 Å². The molecule has 3 aromatic carbocycles. The van der Waals surface area contributed by atoms with Crippen LogP contribution < -0.4 is 21.3 Å². The van der Waals surface area contributed by atoms with Gasteiger partial charge in [-0.3, -0.25) is 24.9 Å². The second kappa shape index (κ2) is 19.6. The van der Waals surface area contributed by atoms with Gasteiger partial charge in [-0.2, -0.15) is 0 Å². The minimum atomic E-state index is -0.341. The first-order valence-corrected chi connectivity index (χ1v) is 20.5. The number of benzene rings is 3. The molecule has 4 aromatic rings. The first-order valence-electron chi connectivity index (χ1n) is 20.5. The van der Waals surface area contributed by atoms with Gasteiger partial charge in [0.1, 0.15) is 6.73 Å². The van der Waals surface area contributed by atoms with E-state index >= 15 is 0 Å². The Hall–Kier alpha value is -4.81. The molecule has 4 unspecified atom stereocenters. The molecule has 11 nitrogen and oxygen atoms in total. The van der Waals surface area contributed by atoms with Crippen LogP contribution in [0.2, 0.25) is 0 Å². The van der Waals surface area contributed by atoms with Crippen molar-refractivity contribution in [2.45, 2.75) is 90.3 Å². The van der Waals surface area contributed by atoms with Crippen LogP contribution in [-0.2, 0) is 17.8 Å². The molecule has 2 amide bonds. The summed E-state index contributed by atoms with van der Waals surface area (Å²) in [7, 11) is 3.73. The standard InChI is InChI=1S/C46H62N8O3/c1-33(2)21-24-54(26-25-52(5)32-57-45(56)53(6)30-36-11-8-7-9-12-36)31-37-15-17-38(18-16-37)43(55)48-40-19-14-34(3)42(27-40)50-44-46(28-35(4)51-46)22-20-41(49-44)39-13-10-23-47-29-39/h7-19,23,27,29,33,35,41,44,49-51H,20-22,24-26,28,30-32H2,1-6H3,(H,48,55). The number of hydrogen-bond acceptors (Lipinski definition) is 9. The lowest BCUT2D eigenvalue weighted by Crippen LogP contribution is -2.75. The highest BCUT2D eigenvalue weighted by molar-refractivity contribution is 6.04. The van der Waals surface area contributed by atoms with Crippen LogP contribution in [0, 0.1) is 12.8 Å². The zero-order valence-corrected chi connectivity index (χ0v) is 34.6. The fraction of sp³-hybridized carbons (Fsp3) is 0.457. The normalized spacial score (nSPS) is 20.4. The number of hydrogen-bond donors (Lipinski definition) is 4. The van der Waals surface area contributed by atoms with Gasteiger partial charge in [0.05, 0.1) is 11.7 Å². The maximum atomic E-state index is 13.5. The van der Waals surface area contributed by atoms with Crippen LogP contribution in [0.25, 0.3) is 0 Å². The Balaban J connectivity index is 1.02. The molecule has 0 saturated carbocycles. The molecule has 3 heterocycles. The smallest absolute Gasteiger partial charge is 0.411 e. The second-order valence-electron chi connectivity index (χ2n) is 16.6. The third-order valence-corrected chi connectivity index (χ3v) is 11.3. The zero-order chi connectivity index (χ0) is 40.4. The van der Waals surface area contributed by atoms with Gasteiger partial charge in [-0.05, 0) is 112 Å². The van der Waals surface area contributed by atoms with Crippen LogP contribution in [0.1, 0.15) is 85.1 Å². The average Bonchev–Trinajstić information content (AvgIpc) is 3.20. The lowest BCUT2D eigenvalue weighted by atomic mass is 9.72. The Labute approximate surface area is 339 Å². The number of aryl methyl sites for hydroxylation is 1. The van der Waals surface area contributed by atoms with Gasteiger partial charge < -0.3 is 25.6 Å². The summed E-state index contributed by atoms with van der Waals surface area (Å²) >= 11 is 0. The molecule has 2 saturated heterocycles. The van der Waals surface area contributed by atoms with Crippen LogP contribution in [-0.4, -0.2) is 89.9 Å². The van der Waals surface area contributed by atoms with Crippen LogP contribution >= 0.6 is 0 Å². The largest absolute Gasteiger partial charge is 0.433 e. The predicted octanol–water partition coefficient (Wildman–Crippen LogP) is 7.63. The molecule has 4 N–H and O–H groups in total. The lowest BCUT2D eigenvalue weighted by Gasteiger charge is -2.57. The summed E-state index contributed by atoms with van der Waals surface area (Å²) in [5, 5.41) is 14.7. The minimum absolute atomic E-state index is 0.0140. The van der Waals surface area contributed by atoms with Crippen molar-refractivity contribution in [3.05, 3.63) is 125 Å². The third-order valence-electron chi connectivity index (χ3n) is 11.3. The summed E-state index contributed by atoms with van der Waals surface area (Å²) in [6.07, 6.45) is 7.72. The average molecular weight is 775 g/mol. The number of pyridine rings is 1. The Morgan fingerprint density at radius 3 is 2.40 bits per heavy atom. The molecule has 57 heavy (non-hydrogen) atoms. The van der Waals surface area contributed by atoms with Crippen molar-refractivity contribution in [2.75, 3.05) is 51.1 Å².